The lowest BCUT2D eigenvalue weighted by molar-refractivity contribution is 0.0697. The van der Waals surface area contributed by atoms with Crippen LogP contribution in [-0.2, 0) is 12.8 Å². The molecule has 1 aliphatic carbocycles. The Bertz CT molecular complexity index is 993. The van der Waals surface area contributed by atoms with Gasteiger partial charge in [-0.25, -0.2) is 9.78 Å². The summed E-state index contributed by atoms with van der Waals surface area (Å²) in [6.07, 6.45) is 1.94. The molecule has 2 N–H and O–H groups in total. The van der Waals surface area contributed by atoms with Gasteiger partial charge in [0.2, 0.25) is 0 Å². The standard InChI is InChI=1S/C20H18N2O3S/c1-11-9-15-13(10-16(11)25-2)5-8-17-18(15)22-20(26-17)21-14-6-3-12(4-7-14)19(23)24/h3-4,6-7,9-10H,5,8H2,1-2H3,(H,21,22)(H,23,24). The van der Waals surface area contributed by atoms with Gasteiger partial charge in [-0.15, -0.1) is 11.3 Å². The second-order valence-corrected chi connectivity index (χ2v) is 7.36. The van der Waals surface area contributed by atoms with Crippen molar-refractivity contribution in [2.75, 3.05) is 12.4 Å². The highest BCUT2D eigenvalue weighted by Crippen LogP contribution is 2.41. The number of aryl methyl sites for hydroxylation is 3. The van der Waals surface area contributed by atoms with E-state index in [0.717, 1.165) is 40.7 Å². The third kappa shape index (κ3) is 2.93. The van der Waals surface area contributed by atoms with Crippen LogP contribution in [0.3, 0.4) is 0 Å². The third-order valence-electron chi connectivity index (χ3n) is 4.58. The number of rotatable bonds is 4. The van der Waals surface area contributed by atoms with Crippen LogP contribution in [0.4, 0.5) is 10.8 Å². The summed E-state index contributed by atoms with van der Waals surface area (Å²) in [5, 5.41) is 13.1. The molecule has 1 heterocycles. The van der Waals surface area contributed by atoms with Gasteiger partial charge in [-0.05, 0) is 67.3 Å². The molecule has 0 aliphatic heterocycles. The molecule has 0 spiro atoms. The van der Waals surface area contributed by atoms with Gasteiger partial charge in [0.1, 0.15) is 5.75 Å². The van der Waals surface area contributed by atoms with Gasteiger partial charge in [-0.2, -0.15) is 0 Å². The van der Waals surface area contributed by atoms with Gasteiger partial charge in [0.25, 0.3) is 0 Å². The van der Waals surface area contributed by atoms with Crippen LogP contribution < -0.4 is 10.1 Å². The molecule has 0 atom stereocenters. The first-order valence-electron chi connectivity index (χ1n) is 8.33. The second-order valence-electron chi connectivity index (χ2n) is 6.28. The van der Waals surface area contributed by atoms with Gasteiger partial charge >= 0.3 is 5.97 Å². The molecule has 0 bridgehead atoms. The zero-order valence-electron chi connectivity index (χ0n) is 14.5. The van der Waals surface area contributed by atoms with Crippen molar-refractivity contribution in [1.82, 2.24) is 4.98 Å². The van der Waals surface area contributed by atoms with E-state index in [1.54, 1.807) is 42.7 Å². The molecule has 0 fully saturated rings. The number of hydrogen-bond donors (Lipinski definition) is 2. The van der Waals surface area contributed by atoms with E-state index in [1.165, 1.54) is 16.0 Å². The van der Waals surface area contributed by atoms with Crippen molar-refractivity contribution in [2.45, 2.75) is 19.8 Å². The number of ether oxygens (including phenoxy) is 1. The highest BCUT2D eigenvalue weighted by Gasteiger charge is 2.22. The van der Waals surface area contributed by atoms with Crippen molar-refractivity contribution in [2.24, 2.45) is 0 Å². The summed E-state index contributed by atoms with van der Waals surface area (Å²) >= 11 is 1.65. The van der Waals surface area contributed by atoms with Crippen molar-refractivity contribution in [3.63, 3.8) is 0 Å². The molecule has 4 rings (SSSR count). The number of benzene rings is 2. The first kappa shape index (κ1) is 16.6. The van der Waals surface area contributed by atoms with E-state index in [9.17, 15) is 4.79 Å². The summed E-state index contributed by atoms with van der Waals surface area (Å²) in [6.45, 7) is 2.04. The zero-order valence-corrected chi connectivity index (χ0v) is 15.3. The molecule has 0 amide bonds. The minimum atomic E-state index is -0.927. The average molecular weight is 366 g/mol. The van der Waals surface area contributed by atoms with Crippen LogP contribution in [0.15, 0.2) is 36.4 Å². The minimum absolute atomic E-state index is 0.271. The molecule has 0 unspecified atom stereocenters. The molecule has 0 radical (unpaired) electrons. The monoisotopic (exact) mass is 366 g/mol. The molecule has 0 saturated carbocycles. The van der Waals surface area contributed by atoms with E-state index < -0.39 is 5.97 Å². The molecular formula is C20H18N2O3S. The summed E-state index contributed by atoms with van der Waals surface area (Å²) in [5.41, 5.74) is 5.68. The summed E-state index contributed by atoms with van der Waals surface area (Å²) in [7, 11) is 1.70. The molecule has 132 valence electrons. The van der Waals surface area contributed by atoms with Crippen LogP contribution in [0, 0.1) is 6.92 Å². The second kappa shape index (κ2) is 6.46. The van der Waals surface area contributed by atoms with Gasteiger partial charge in [0, 0.05) is 16.1 Å². The number of aromatic nitrogens is 1. The maximum absolute atomic E-state index is 11.0. The van der Waals surface area contributed by atoms with Crippen LogP contribution in [-0.4, -0.2) is 23.2 Å². The van der Waals surface area contributed by atoms with Crippen molar-refractivity contribution < 1.29 is 14.6 Å². The number of carboxylic acids is 1. The Kier molecular flexibility index (Phi) is 4.12. The molecule has 1 aromatic heterocycles. The summed E-state index contributed by atoms with van der Waals surface area (Å²) < 4.78 is 5.44. The summed E-state index contributed by atoms with van der Waals surface area (Å²) in [6, 6.07) is 11.0. The molecule has 2 aromatic carbocycles. The third-order valence-corrected chi connectivity index (χ3v) is 5.61. The fourth-order valence-electron chi connectivity index (χ4n) is 3.23. The highest BCUT2D eigenvalue weighted by molar-refractivity contribution is 7.16. The minimum Gasteiger partial charge on any atom is -0.496 e. The van der Waals surface area contributed by atoms with Gasteiger partial charge in [-0.3, -0.25) is 0 Å². The molecule has 1 aliphatic rings. The lowest BCUT2D eigenvalue weighted by atomic mass is 9.91. The number of nitrogens with one attached hydrogen (secondary N) is 1. The Morgan fingerprint density at radius 2 is 2.00 bits per heavy atom. The maximum Gasteiger partial charge on any atom is 0.335 e. The number of nitrogens with zero attached hydrogens (tertiary/aromatic N) is 1. The number of methoxy groups -OCH3 is 1. The predicted octanol–water partition coefficient (Wildman–Crippen LogP) is 4.67. The smallest absolute Gasteiger partial charge is 0.335 e. The predicted molar refractivity (Wildman–Crippen MR) is 103 cm³/mol. The van der Waals surface area contributed by atoms with Gasteiger partial charge in [0.05, 0.1) is 18.4 Å². The van der Waals surface area contributed by atoms with Crippen molar-refractivity contribution in [3.05, 3.63) is 58.0 Å². The summed E-state index contributed by atoms with van der Waals surface area (Å²) in [5.74, 6) is -0.0111. The molecular weight excluding hydrogens is 348 g/mol. The van der Waals surface area contributed by atoms with E-state index in [-0.39, 0.29) is 5.56 Å². The zero-order chi connectivity index (χ0) is 18.3. The summed E-state index contributed by atoms with van der Waals surface area (Å²) in [4.78, 5) is 17.0. The van der Waals surface area contributed by atoms with E-state index >= 15 is 0 Å². The lowest BCUT2D eigenvalue weighted by Crippen LogP contribution is -2.03. The average Bonchev–Trinajstić information content (AvgIpc) is 3.04. The SMILES string of the molecule is COc1cc2c(cc1C)-c1nc(Nc3ccc(C(=O)O)cc3)sc1CC2. The quantitative estimate of drug-likeness (QED) is 0.702. The first-order valence-corrected chi connectivity index (χ1v) is 9.15. The van der Waals surface area contributed by atoms with Crippen LogP contribution in [0.2, 0.25) is 0 Å². The van der Waals surface area contributed by atoms with E-state index in [2.05, 4.69) is 17.4 Å². The van der Waals surface area contributed by atoms with Gasteiger partial charge in [0.15, 0.2) is 5.13 Å². The number of carbonyl (C=O) groups is 1. The van der Waals surface area contributed by atoms with Gasteiger partial charge in [-0.1, -0.05) is 0 Å². The Hall–Kier alpha value is -2.86. The largest absolute Gasteiger partial charge is 0.496 e. The normalized spacial score (nSPS) is 12.2. The van der Waals surface area contributed by atoms with Gasteiger partial charge < -0.3 is 15.2 Å². The maximum atomic E-state index is 11.0. The number of aromatic carboxylic acids is 1. The molecule has 5 nitrogen and oxygen atoms in total. The highest BCUT2D eigenvalue weighted by atomic mass is 32.1. The van der Waals surface area contributed by atoms with Crippen molar-refractivity contribution >= 4 is 28.1 Å². The Labute approximate surface area is 155 Å². The van der Waals surface area contributed by atoms with E-state index in [0.29, 0.717) is 0 Å². The fraction of sp³-hybridized carbons (Fsp3) is 0.200. The van der Waals surface area contributed by atoms with Crippen LogP contribution in [0.25, 0.3) is 11.3 Å². The number of thiazole rings is 1. The van der Waals surface area contributed by atoms with E-state index in [1.807, 2.05) is 6.92 Å². The first-order chi connectivity index (χ1) is 12.5. The molecule has 26 heavy (non-hydrogen) atoms. The van der Waals surface area contributed by atoms with Crippen molar-refractivity contribution in [1.29, 1.82) is 0 Å². The Morgan fingerprint density at radius 3 is 2.69 bits per heavy atom. The Morgan fingerprint density at radius 1 is 1.23 bits per heavy atom. The Balaban J connectivity index is 1.64. The number of hydrogen-bond acceptors (Lipinski definition) is 5. The van der Waals surface area contributed by atoms with Crippen LogP contribution >= 0.6 is 11.3 Å². The topological polar surface area (TPSA) is 71.5 Å². The number of carboxylic acid groups (broad SMARTS) is 1. The van der Waals surface area contributed by atoms with E-state index in [4.69, 9.17) is 14.8 Å². The molecule has 3 aromatic rings. The molecule has 0 saturated heterocycles. The van der Waals surface area contributed by atoms with Crippen molar-refractivity contribution in [3.8, 4) is 17.0 Å². The lowest BCUT2D eigenvalue weighted by Gasteiger charge is -2.17. The molecule has 6 heteroatoms. The number of fused-ring (bicyclic) bond motifs is 3. The van der Waals surface area contributed by atoms with Crippen LogP contribution in [0.5, 0.6) is 5.75 Å². The number of anilines is 2. The van der Waals surface area contributed by atoms with Crippen LogP contribution in [0.1, 0.15) is 26.4 Å². The fourth-order valence-corrected chi connectivity index (χ4v) is 4.23.